The zero-order valence-electron chi connectivity index (χ0n) is 7.67. The Morgan fingerprint density at radius 1 is 1.67 bits per heavy atom. The Balaban J connectivity index is 2.61. The van der Waals surface area contributed by atoms with Crippen LogP contribution in [0.25, 0.3) is 0 Å². The lowest BCUT2D eigenvalue weighted by atomic mass is 9.74. The van der Waals surface area contributed by atoms with Crippen LogP contribution in [0, 0.1) is 5.41 Å². The van der Waals surface area contributed by atoms with Crippen molar-refractivity contribution in [2.45, 2.75) is 38.7 Å². The van der Waals surface area contributed by atoms with Crippen LogP contribution in [0.5, 0.6) is 0 Å². The first kappa shape index (κ1) is 9.52. The van der Waals surface area contributed by atoms with E-state index in [4.69, 9.17) is 9.84 Å². The molecule has 1 saturated carbocycles. The van der Waals surface area contributed by atoms with E-state index in [2.05, 4.69) is 0 Å². The number of ether oxygens (including phenoxy) is 1. The van der Waals surface area contributed by atoms with Crippen molar-refractivity contribution in [2.24, 2.45) is 5.41 Å². The zero-order chi connectivity index (χ0) is 9.19. The molecule has 1 aliphatic rings. The van der Waals surface area contributed by atoms with Crippen LogP contribution in [0.1, 0.15) is 32.6 Å². The summed E-state index contributed by atoms with van der Waals surface area (Å²) in [6.45, 7) is 1.81. The van der Waals surface area contributed by atoms with E-state index in [9.17, 15) is 4.79 Å². The highest BCUT2D eigenvalue weighted by molar-refractivity contribution is 5.74. The minimum absolute atomic E-state index is 0.139. The van der Waals surface area contributed by atoms with Crippen molar-refractivity contribution >= 4 is 5.97 Å². The average molecular weight is 172 g/mol. The highest BCUT2D eigenvalue weighted by Crippen LogP contribution is 2.36. The SMILES string of the molecule is COC1CCCC(C)(C(=O)O)C1. The maximum atomic E-state index is 10.9. The Morgan fingerprint density at radius 3 is 2.83 bits per heavy atom. The molecule has 0 radical (unpaired) electrons. The molecule has 3 nitrogen and oxygen atoms in total. The zero-order valence-corrected chi connectivity index (χ0v) is 7.67. The molecule has 2 atom stereocenters. The summed E-state index contributed by atoms with van der Waals surface area (Å²) < 4.78 is 5.17. The highest BCUT2D eigenvalue weighted by Gasteiger charge is 2.38. The van der Waals surface area contributed by atoms with Gasteiger partial charge >= 0.3 is 5.97 Å². The lowest BCUT2D eigenvalue weighted by molar-refractivity contribution is -0.152. The van der Waals surface area contributed by atoms with Crippen LogP contribution >= 0.6 is 0 Å². The summed E-state index contributed by atoms with van der Waals surface area (Å²) in [5.41, 5.74) is -0.557. The number of hydrogen-bond donors (Lipinski definition) is 1. The number of carboxylic acid groups (broad SMARTS) is 1. The van der Waals surface area contributed by atoms with Gasteiger partial charge in [-0.15, -0.1) is 0 Å². The van der Waals surface area contributed by atoms with Crippen molar-refractivity contribution in [3.05, 3.63) is 0 Å². The summed E-state index contributed by atoms with van der Waals surface area (Å²) in [5, 5.41) is 8.96. The molecule has 0 aromatic heterocycles. The van der Waals surface area contributed by atoms with Crippen molar-refractivity contribution in [2.75, 3.05) is 7.11 Å². The molecule has 0 heterocycles. The van der Waals surface area contributed by atoms with E-state index in [0.717, 1.165) is 19.3 Å². The molecule has 1 fully saturated rings. The molecule has 0 amide bonds. The summed E-state index contributed by atoms with van der Waals surface area (Å²) in [7, 11) is 1.65. The molecule has 12 heavy (non-hydrogen) atoms. The summed E-state index contributed by atoms with van der Waals surface area (Å²) in [5.74, 6) is -0.691. The Morgan fingerprint density at radius 2 is 2.33 bits per heavy atom. The third kappa shape index (κ3) is 1.78. The molecular formula is C9H16O3. The summed E-state index contributed by atoms with van der Waals surface area (Å²) in [6.07, 6.45) is 3.53. The predicted octanol–water partition coefficient (Wildman–Crippen LogP) is 1.67. The molecule has 0 aromatic rings. The monoisotopic (exact) mass is 172 g/mol. The standard InChI is InChI=1S/C9H16O3/c1-9(8(10)11)5-3-4-7(6-9)12-2/h7H,3-6H2,1-2H3,(H,10,11). The van der Waals surface area contributed by atoms with E-state index in [1.54, 1.807) is 14.0 Å². The van der Waals surface area contributed by atoms with Crippen LogP contribution in [0.3, 0.4) is 0 Å². The number of methoxy groups -OCH3 is 1. The Bertz CT molecular complexity index is 179. The van der Waals surface area contributed by atoms with E-state index >= 15 is 0 Å². The molecule has 2 unspecified atom stereocenters. The normalized spacial score (nSPS) is 36.3. The maximum Gasteiger partial charge on any atom is 0.309 e. The first-order chi connectivity index (χ1) is 5.58. The fourth-order valence-corrected chi connectivity index (χ4v) is 1.82. The van der Waals surface area contributed by atoms with Crippen molar-refractivity contribution in [1.82, 2.24) is 0 Å². The number of aliphatic carboxylic acids is 1. The van der Waals surface area contributed by atoms with Crippen molar-refractivity contribution in [1.29, 1.82) is 0 Å². The Labute approximate surface area is 72.7 Å². The fourth-order valence-electron chi connectivity index (χ4n) is 1.82. The molecule has 0 saturated heterocycles. The first-order valence-corrected chi connectivity index (χ1v) is 4.35. The largest absolute Gasteiger partial charge is 0.481 e. The molecule has 1 aliphatic carbocycles. The minimum atomic E-state index is -0.691. The van der Waals surface area contributed by atoms with Crippen LogP contribution in [-0.2, 0) is 9.53 Å². The van der Waals surface area contributed by atoms with Crippen LogP contribution in [0.15, 0.2) is 0 Å². The Hall–Kier alpha value is -0.570. The first-order valence-electron chi connectivity index (χ1n) is 4.35. The maximum absolute atomic E-state index is 10.9. The van der Waals surface area contributed by atoms with E-state index in [-0.39, 0.29) is 6.10 Å². The van der Waals surface area contributed by atoms with Gasteiger partial charge in [-0.05, 0) is 32.6 Å². The van der Waals surface area contributed by atoms with Gasteiger partial charge in [-0.3, -0.25) is 4.79 Å². The minimum Gasteiger partial charge on any atom is -0.481 e. The molecular weight excluding hydrogens is 156 g/mol. The molecule has 0 spiro atoms. The van der Waals surface area contributed by atoms with Crippen molar-refractivity contribution in [3.63, 3.8) is 0 Å². The van der Waals surface area contributed by atoms with Gasteiger partial charge in [0.15, 0.2) is 0 Å². The van der Waals surface area contributed by atoms with Gasteiger partial charge in [0.05, 0.1) is 11.5 Å². The highest BCUT2D eigenvalue weighted by atomic mass is 16.5. The van der Waals surface area contributed by atoms with Gasteiger partial charge in [-0.1, -0.05) is 0 Å². The third-order valence-corrected chi connectivity index (χ3v) is 2.78. The topological polar surface area (TPSA) is 46.5 Å². The van der Waals surface area contributed by atoms with Gasteiger partial charge in [-0.2, -0.15) is 0 Å². The fraction of sp³-hybridized carbons (Fsp3) is 0.889. The molecule has 0 bridgehead atoms. The third-order valence-electron chi connectivity index (χ3n) is 2.78. The van der Waals surface area contributed by atoms with Gasteiger partial charge in [0.1, 0.15) is 0 Å². The van der Waals surface area contributed by atoms with E-state index in [1.165, 1.54) is 0 Å². The van der Waals surface area contributed by atoms with Crippen molar-refractivity contribution < 1.29 is 14.6 Å². The number of carboxylic acids is 1. The van der Waals surface area contributed by atoms with Crippen LogP contribution < -0.4 is 0 Å². The second-order valence-electron chi connectivity index (χ2n) is 3.82. The molecule has 1 rings (SSSR count). The molecule has 3 heteroatoms. The van der Waals surface area contributed by atoms with Crippen LogP contribution in [-0.4, -0.2) is 24.3 Å². The van der Waals surface area contributed by atoms with Crippen molar-refractivity contribution in [3.8, 4) is 0 Å². The molecule has 70 valence electrons. The van der Waals surface area contributed by atoms with Gasteiger partial charge < -0.3 is 9.84 Å². The number of rotatable bonds is 2. The quantitative estimate of drug-likeness (QED) is 0.689. The second kappa shape index (κ2) is 3.44. The lowest BCUT2D eigenvalue weighted by Crippen LogP contribution is -2.36. The van der Waals surface area contributed by atoms with Gasteiger partial charge in [0, 0.05) is 7.11 Å². The number of carbonyl (C=O) groups is 1. The molecule has 1 N–H and O–H groups in total. The van der Waals surface area contributed by atoms with Crippen LogP contribution in [0.4, 0.5) is 0 Å². The van der Waals surface area contributed by atoms with Gasteiger partial charge in [0.2, 0.25) is 0 Å². The second-order valence-corrected chi connectivity index (χ2v) is 3.82. The number of hydrogen-bond acceptors (Lipinski definition) is 2. The van der Waals surface area contributed by atoms with E-state index in [0.29, 0.717) is 6.42 Å². The average Bonchev–Trinajstić information content (AvgIpc) is 2.04. The van der Waals surface area contributed by atoms with Gasteiger partial charge in [0.25, 0.3) is 0 Å². The Kier molecular flexibility index (Phi) is 2.73. The van der Waals surface area contributed by atoms with Gasteiger partial charge in [-0.25, -0.2) is 0 Å². The molecule has 0 aromatic carbocycles. The summed E-state index contributed by atoms with van der Waals surface area (Å²) in [4.78, 5) is 10.9. The van der Waals surface area contributed by atoms with E-state index in [1.807, 2.05) is 0 Å². The lowest BCUT2D eigenvalue weighted by Gasteiger charge is -2.33. The van der Waals surface area contributed by atoms with E-state index < -0.39 is 11.4 Å². The molecule has 0 aliphatic heterocycles. The predicted molar refractivity (Wildman–Crippen MR) is 45.0 cm³/mol. The van der Waals surface area contributed by atoms with Crippen LogP contribution in [0.2, 0.25) is 0 Å². The summed E-state index contributed by atoms with van der Waals surface area (Å²) in [6, 6.07) is 0. The smallest absolute Gasteiger partial charge is 0.309 e. The summed E-state index contributed by atoms with van der Waals surface area (Å²) >= 11 is 0.